The summed E-state index contributed by atoms with van der Waals surface area (Å²) in [6, 6.07) is 17.9. The molecule has 0 aromatic heterocycles. The summed E-state index contributed by atoms with van der Waals surface area (Å²) in [6.07, 6.45) is 3.15. The van der Waals surface area contributed by atoms with Gasteiger partial charge in [0.25, 0.3) is 0 Å². The molecular formula is C23H31N3O. The van der Waals surface area contributed by atoms with Crippen LogP contribution < -0.4 is 11.1 Å². The number of nitrogens with one attached hydrogen (secondary N) is 1. The van der Waals surface area contributed by atoms with Crippen LogP contribution in [0, 0.1) is 5.92 Å². The SMILES string of the molecule is CC1CCN(Cc2ccc(CNC(=O)C(N)Cc3ccccc3)cc2)CC1. The van der Waals surface area contributed by atoms with E-state index >= 15 is 0 Å². The monoisotopic (exact) mass is 365 g/mol. The number of carbonyl (C=O) groups is 1. The zero-order valence-corrected chi connectivity index (χ0v) is 16.2. The molecule has 4 nitrogen and oxygen atoms in total. The normalized spacial score (nSPS) is 16.8. The number of piperidine rings is 1. The molecule has 0 radical (unpaired) electrons. The van der Waals surface area contributed by atoms with Crippen LogP contribution in [0.3, 0.4) is 0 Å². The molecule has 0 spiro atoms. The molecule has 27 heavy (non-hydrogen) atoms. The molecule has 1 heterocycles. The summed E-state index contributed by atoms with van der Waals surface area (Å²) in [4.78, 5) is 14.8. The summed E-state index contributed by atoms with van der Waals surface area (Å²) >= 11 is 0. The fourth-order valence-corrected chi connectivity index (χ4v) is 3.52. The molecule has 0 bridgehead atoms. The predicted octanol–water partition coefficient (Wildman–Crippen LogP) is 3.10. The summed E-state index contributed by atoms with van der Waals surface area (Å²) in [5.74, 6) is 0.755. The molecule has 1 aliphatic heterocycles. The number of hydrogen-bond acceptors (Lipinski definition) is 3. The van der Waals surface area contributed by atoms with Gasteiger partial charge < -0.3 is 11.1 Å². The minimum absolute atomic E-state index is 0.106. The van der Waals surface area contributed by atoms with E-state index in [-0.39, 0.29) is 5.91 Å². The van der Waals surface area contributed by atoms with Gasteiger partial charge in [0.2, 0.25) is 5.91 Å². The maximum Gasteiger partial charge on any atom is 0.237 e. The molecule has 144 valence electrons. The van der Waals surface area contributed by atoms with Crippen molar-refractivity contribution in [2.75, 3.05) is 13.1 Å². The third-order valence-electron chi connectivity index (χ3n) is 5.41. The first-order chi connectivity index (χ1) is 13.1. The van der Waals surface area contributed by atoms with Crippen molar-refractivity contribution in [1.29, 1.82) is 0 Å². The molecule has 2 aromatic rings. The van der Waals surface area contributed by atoms with Crippen molar-refractivity contribution in [3.63, 3.8) is 0 Å². The third kappa shape index (κ3) is 6.19. The molecule has 0 aliphatic carbocycles. The van der Waals surface area contributed by atoms with E-state index in [2.05, 4.69) is 41.4 Å². The van der Waals surface area contributed by atoms with E-state index in [1.165, 1.54) is 31.5 Å². The van der Waals surface area contributed by atoms with E-state index in [0.717, 1.165) is 23.6 Å². The Morgan fingerprint density at radius 2 is 1.67 bits per heavy atom. The Hall–Kier alpha value is -2.17. The molecule has 1 aliphatic rings. The first kappa shape index (κ1) is 19.6. The Bertz CT molecular complexity index is 706. The van der Waals surface area contributed by atoms with Gasteiger partial charge in [-0.2, -0.15) is 0 Å². The van der Waals surface area contributed by atoms with Crippen LogP contribution in [0.15, 0.2) is 54.6 Å². The second kappa shape index (κ2) is 9.67. The molecule has 1 fully saturated rings. The highest BCUT2D eigenvalue weighted by Gasteiger charge is 2.16. The zero-order chi connectivity index (χ0) is 19.1. The molecule has 1 saturated heterocycles. The lowest BCUT2D eigenvalue weighted by Gasteiger charge is -2.30. The van der Waals surface area contributed by atoms with Crippen LogP contribution >= 0.6 is 0 Å². The van der Waals surface area contributed by atoms with Crippen molar-refractivity contribution in [3.05, 3.63) is 71.3 Å². The number of carbonyl (C=O) groups excluding carboxylic acids is 1. The fourth-order valence-electron chi connectivity index (χ4n) is 3.52. The van der Waals surface area contributed by atoms with Gasteiger partial charge in [-0.1, -0.05) is 61.5 Å². The van der Waals surface area contributed by atoms with Gasteiger partial charge in [-0.3, -0.25) is 9.69 Å². The molecular weight excluding hydrogens is 334 g/mol. The molecule has 2 aromatic carbocycles. The Balaban J connectivity index is 1.43. The highest BCUT2D eigenvalue weighted by atomic mass is 16.2. The standard InChI is InChI=1S/C23H31N3O/c1-18-11-13-26(14-12-18)17-21-9-7-20(8-10-21)16-25-23(27)22(24)15-19-5-3-2-4-6-19/h2-10,18,22H,11-17,24H2,1H3,(H,25,27). The molecule has 1 amide bonds. The van der Waals surface area contributed by atoms with Crippen molar-refractivity contribution in [2.24, 2.45) is 11.7 Å². The summed E-state index contributed by atoms with van der Waals surface area (Å²) in [5, 5.41) is 2.95. The van der Waals surface area contributed by atoms with E-state index < -0.39 is 6.04 Å². The number of nitrogens with zero attached hydrogens (tertiary/aromatic N) is 1. The Kier molecular flexibility index (Phi) is 7.02. The van der Waals surface area contributed by atoms with E-state index in [4.69, 9.17) is 5.73 Å². The number of nitrogens with two attached hydrogens (primary N) is 1. The van der Waals surface area contributed by atoms with Gasteiger partial charge in [-0.25, -0.2) is 0 Å². The number of rotatable bonds is 7. The minimum Gasteiger partial charge on any atom is -0.351 e. The highest BCUT2D eigenvalue weighted by Crippen LogP contribution is 2.18. The van der Waals surface area contributed by atoms with Crippen LogP contribution in [-0.2, 0) is 24.3 Å². The van der Waals surface area contributed by atoms with Crippen molar-refractivity contribution in [3.8, 4) is 0 Å². The summed E-state index contributed by atoms with van der Waals surface area (Å²) in [6.45, 7) is 6.26. The van der Waals surface area contributed by atoms with Crippen LogP contribution in [0.1, 0.15) is 36.5 Å². The lowest BCUT2D eigenvalue weighted by Crippen LogP contribution is -2.41. The molecule has 1 unspecified atom stereocenters. The first-order valence-corrected chi connectivity index (χ1v) is 9.97. The lowest BCUT2D eigenvalue weighted by atomic mass is 9.99. The van der Waals surface area contributed by atoms with E-state index in [1.54, 1.807) is 0 Å². The zero-order valence-electron chi connectivity index (χ0n) is 16.2. The summed E-state index contributed by atoms with van der Waals surface area (Å²) in [5.41, 5.74) is 9.55. The summed E-state index contributed by atoms with van der Waals surface area (Å²) in [7, 11) is 0. The van der Waals surface area contributed by atoms with E-state index in [0.29, 0.717) is 13.0 Å². The average Bonchev–Trinajstić information content (AvgIpc) is 2.69. The van der Waals surface area contributed by atoms with Crippen molar-refractivity contribution in [2.45, 2.75) is 45.3 Å². The second-order valence-electron chi connectivity index (χ2n) is 7.79. The van der Waals surface area contributed by atoms with Crippen LogP contribution in [-0.4, -0.2) is 29.9 Å². The van der Waals surface area contributed by atoms with Crippen molar-refractivity contribution >= 4 is 5.91 Å². The third-order valence-corrected chi connectivity index (χ3v) is 5.41. The molecule has 3 N–H and O–H groups in total. The quantitative estimate of drug-likeness (QED) is 0.793. The Labute approximate surface area is 162 Å². The van der Waals surface area contributed by atoms with E-state index in [1.807, 2.05) is 30.3 Å². The van der Waals surface area contributed by atoms with Crippen LogP contribution in [0.2, 0.25) is 0 Å². The van der Waals surface area contributed by atoms with Gasteiger partial charge in [0.1, 0.15) is 0 Å². The number of hydrogen-bond donors (Lipinski definition) is 2. The van der Waals surface area contributed by atoms with Crippen LogP contribution in [0.5, 0.6) is 0 Å². The Morgan fingerprint density at radius 1 is 1.04 bits per heavy atom. The van der Waals surface area contributed by atoms with Gasteiger partial charge in [0.05, 0.1) is 6.04 Å². The largest absolute Gasteiger partial charge is 0.351 e. The summed E-state index contributed by atoms with van der Waals surface area (Å²) < 4.78 is 0. The number of likely N-dealkylation sites (tertiary alicyclic amines) is 1. The molecule has 1 atom stereocenters. The smallest absolute Gasteiger partial charge is 0.237 e. The molecule has 0 saturated carbocycles. The number of benzene rings is 2. The lowest BCUT2D eigenvalue weighted by molar-refractivity contribution is -0.122. The maximum atomic E-state index is 12.2. The van der Waals surface area contributed by atoms with Gasteiger partial charge in [0.15, 0.2) is 0 Å². The van der Waals surface area contributed by atoms with Crippen molar-refractivity contribution in [1.82, 2.24) is 10.2 Å². The van der Waals surface area contributed by atoms with Gasteiger partial charge in [0, 0.05) is 13.1 Å². The van der Waals surface area contributed by atoms with Gasteiger partial charge in [-0.15, -0.1) is 0 Å². The van der Waals surface area contributed by atoms with E-state index in [9.17, 15) is 4.79 Å². The molecule has 3 rings (SSSR count). The molecule has 4 heteroatoms. The van der Waals surface area contributed by atoms with Gasteiger partial charge >= 0.3 is 0 Å². The predicted molar refractivity (Wildman–Crippen MR) is 110 cm³/mol. The maximum absolute atomic E-state index is 12.2. The van der Waals surface area contributed by atoms with Crippen molar-refractivity contribution < 1.29 is 4.79 Å². The topological polar surface area (TPSA) is 58.4 Å². The number of amides is 1. The fraction of sp³-hybridized carbons (Fsp3) is 0.435. The highest BCUT2D eigenvalue weighted by molar-refractivity contribution is 5.81. The second-order valence-corrected chi connectivity index (χ2v) is 7.79. The minimum atomic E-state index is -0.520. The van der Waals surface area contributed by atoms with Crippen LogP contribution in [0.25, 0.3) is 0 Å². The Morgan fingerprint density at radius 3 is 2.33 bits per heavy atom. The average molecular weight is 366 g/mol. The van der Waals surface area contributed by atoms with Gasteiger partial charge in [-0.05, 0) is 55.0 Å². The van der Waals surface area contributed by atoms with Crippen LogP contribution in [0.4, 0.5) is 0 Å². The first-order valence-electron chi connectivity index (χ1n) is 9.97.